The summed E-state index contributed by atoms with van der Waals surface area (Å²) in [6.07, 6.45) is 3.29. The summed E-state index contributed by atoms with van der Waals surface area (Å²) in [5, 5.41) is 8.28. The van der Waals surface area contributed by atoms with E-state index < -0.39 is 0 Å². The van der Waals surface area contributed by atoms with Gasteiger partial charge in [-0.2, -0.15) is 5.10 Å². The fourth-order valence-corrected chi connectivity index (χ4v) is 3.15. The molecule has 1 unspecified atom stereocenters. The van der Waals surface area contributed by atoms with E-state index in [0.29, 0.717) is 11.8 Å². The molecule has 0 aromatic carbocycles. The average Bonchev–Trinajstić information content (AvgIpc) is 2.73. The minimum absolute atomic E-state index is 0.678. The van der Waals surface area contributed by atoms with Crippen LogP contribution in [0.3, 0.4) is 0 Å². The highest BCUT2D eigenvalue weighted by atomic mass is 79.9. The van der Waals surface area contributed by atoms with Crippen molar-refractivity contribution in [2.45, 2.75) is 60.4 Å². The lowest BCUT2D eigenvalue weighted by molar-refractivity contribution is 0.425. The van der Waals surface area contributed by atoms with Gasteiger partial charge in [0.2, 0.25) is 0 Å². The Kier molecular flexibility index (Phi) is 7.82. The minimum Gasteiger partial charge on any atom is -0.316 e. The number of hydrogen-bond acceptors (Lipinski definition) is 2. The molecular weight excluding hydrogens is 314 g/mol. The molecule has 1 rings (SSSR count). The van der Waals surface area contributed by atoms with Crippen molar-refractivity contribution in [1.82, 2.24) is 15.1 Å². The smallest absolute Gasteiger partial charge is 0.0766 e. The summed E-state index contributed by atoms with van der Waals surface area (Å²) in [6, 6.07) is 0. The molecule has 0 saturated heterocycles. The van der Waals surface area contributed by atoms with Crippen LogP contribution in [0.5, 0.6) is 0 Å². The third kappa shape index (κ3) is 4.88. The molecule has 0 radical (unpaired) electrons. The van der Waals surface area contributed by atoms with Crippen LogP contribution in [0.15, 0.2) is 4.47 Å². The molecule has 20 heavy (non-hydrogen) atoms. The third-order valence-corrected chi connectivity index (χ3v) is 4.65. The molecule has 1 aromatic rings. The van der Waals surface area contributed by atoms with Gasteiger partial charge >= 0.3 is 0 Å². The summed E-state index contributed by atoms with van der Waals surface area (Å²) in [4.78, 5) is 0. The maximum absolute atomic E-state index is 4.69. The first-order chi connectivity index (χ1) is 9.53. The molecule has 1 N–H and O–H groups in total. The summed E-state index contributed by atoms with van der Waals surface area (Å²) in [5.41, 5.74) is 2.55. The summed E-state index contributed by atoms with van der Waals surface area (Å²) in [5.74, 6) is 1.39. The lowest BCUT2D eigenvalue weighted by atomic mass is 9.99. The maximum Gasteiger partial charge on any atom is 0.0766 e. The van der Waals surface area contributed by atoms with Gasteiger partial charge in [0, 0.05) is 6.54 Å². The first-order valence-electron chi connectivity index (χ1n) is 7.98. The summed E-state index contributed by atoms with van der Waals surface area (Å²) in [6.45, 7) is 14.3. The fraction of sp³-hybridized carbons (Fsp3) is 0.812. The molecule has 0 bridgehead atoms. The zero-order valence-electron chi connectivity index (χ0n) is 13.7. The first-order valence-corrected chi connectivity index (χ1v) is 8.77. The highest BCUT2D eigenvalue weighted by molar-refractivity contribution is 9.10. The Morgan fingerprint density at radius 1 is 1.20 bits per heavy atom. The Hall–Kier alpha value is -0.350. The quantitative estimate of drug-likeness (QED) is 0.733. The van der Waals surface area contributed by atoms with Crippen molar-refractivity contribution in [3.63, 3.8) is 0 Å². The molecule has 0 aliphatic carbocycles. The zero-order valence-corrected chi connectivity index (χ0v) is 15.3. The van der Waals surface area contributed by atoms with Crippen molar-refractivity contribution >= 4 is 15.9 Å². The highest BCUT2D eigenvalue weighted by Gasteiger charge is 2.17. The van der Waals surface area contributed by atoms with Crippen LogP contribution in [-0.4, -0.2) is 22.9 Å². The lowest BCUT2D eigenvalue weighted by Gasteiger charge is -2.17. The van der Waals surface area contributed by atoms with Crippen LogP contribution >= 0.6 is 15.9 Å². The molecule has 0 fully saturated rings. The van der Waals surface area contributed by atoms with Gasteiger partial charge in [-0.1, -0.05) is 34.1 Å². The topological polar surface area (TPSA) is 29.9 Å². The van der Waals surface area contributed by atoms with Crippen LogP contribution in [0, 0.1) is 11.8 Å². The van der Waals surface area contributed by atoms with Crippen molar-refractivity contribution in [3.8, 4) is 0 Å². The molecule has 0 saturated carbocycles. The van der Waals surface area contributed by atoms with Crippen LogP contribution in [0.4, 0.5) is 0 Å². The van der Waals surface area contributed by atoms with Crippen LogP contribution < -0.4 is 5.32 Å². The molecule has 116 valence electrons. The predicted octanol–water partition coefficient (Wildman–Crippen LogP) is 4.04. The fourth-order valence-electron chi connectivity index (χ4n) is 2.42. The van der Waals surface area contributed by atoms with Gasteiger partial charge in [-0.3, -0.25) is 4.68 Å². The molecule has 0 spiro atoms. The van der Waals surface area contributed by atoms with Crippen molar-refractivity contribution in [2.75, 3.05) is 13.1 Å². The Balaban J connectivity index is 2.71. The number of aromatic nitrogens is 2. The third-order valence-electron chi connectivity index (χ3n) is 3.74. The molecule has 0 aliphatic heterocycles. The number of nitrogens with one attached hydrogen (secondary N) is 1. The minimum atomic E-state index is 0.678. The average molecular weight is 344 g/mol. The van der Waals surface area contributed by atoms with Gasteiger partial charge in [-0.25, -0.2) is 0 Å². The summed E-state index contributed by atoms with van der Waals surface area (Å²) >= 11 is 3.75. The second-order valence-corrected chi connectivity index (χ2v) is 6.70. The van der Waals surface area contributed by atoms with Gasteiger partial charge in [-0.15, -0.1) is 0 Å². The summed E-state index contributed by atoms with van der Waals surface area (Å²) in [7, 11) is 0. The van der Waals surface area contributed by atoms with E-state index >= 15 is 0 Å². The molecule has 1 atom stereocenters. The van der Waals surface area contributed by atoms with Crippen molar-refractivity contribution in [1.29, 1.82) is 0 Å². The van der Waals surface area contributed by atoms with Gasteiger partial charge in [0.05, 0.1) is 15.9 Å². The molecule has 0 aliphatic rings. The van der Waals surface area contributed by atoms with Crippen LogP contribution in [0.25, 0.3) is 0 Å². The first kappa shape index (κ1) is 17.7. The molecule has 1 heterocycles. The van der Waals surface area contributed by atoms with E-state index in [0.717, 1.165) is 32.5 Å². The summed E-state index contributed by atoms with van der Waals surface area (Å²) < 4.78 is 3.39. The number of hydrogen-bond donors (Lipinski definition) is 1. The maximum atomic E-state index is 4.69. The monoisotopic (exact) mass is 343 g/mol. The van der Waals surface area contributed by atoms with Crippen molar-refractivity contribution in [3.05, 3.63) is 15.9 Å². The Morgan fingerprint density at radius 3 is 2.40 bits per heavy atom. The second-order valence-electron chi connectivity index (χ2n) is 5.91. The van der Waals surface area contributed by atoms with E-state index in [1.54, 1.807) is 0 Å². The number of aryl methyl sites for hydroxylation is 2. The SMILES string of the molecule is CCc1nn(CC)c(CC(CC)CNCC(C)C)c1Br. The highest BCUT2D eigenvalue weighted by Crippen LogP contribution is 2.25. The van der Waals surface area contributed by atoms with Gasteiger partial charge in [0.15, 0.2) is 0 Å². The van der Waals surface area contributed by atoms with E-state index in [4.69, 9.17) is 5.10 Å². The number of halogens is 1. The van der Waals surface area contributed by atoms with Crippen LogP contribution in [-0.2, 0) is 19.4 Å². The number of rotatable bonds is 9. The molecule has 0 amide bonds. The van der Waals surface area contributed by atoms with E-state index in [1.165, 1.54) is 22.3 Å². The largest absolute Gasteiger partial charge is 0.316 e. The van der Waals surface area contributed by atoms with Crippen molar-refractivity contribution < 1.29 is 0 Å². The lowest BCUT2D eigenvalue weighted by Crippen LogP contribution is -2.27. The normalized spacial score (nSPS) is 13.2. The van der Waals surface area contributed by atoms with Gasteiger partial charge in [0.1, 0.15) is 0 Å². The van der Waals surface area contributed by atoms with Gasteiger partial charge in [0.25, 0.3) is 0 Å². The van der Waals surface area contributed by atoms with E-state index in [-0.39, 0.29) is 0 Å². The Labute approximate surface area is 132 Å². The van der Waals surface area contributed by atoms with Crippen LogP contribution in [0.2, 0.25) is 0 Å². The van der Waals surface area contributed by atoms with Crippen molar-refractivity contribution in [2.24, 2.45) is 11.8 Å². The second kappa shape index (κ2) is 8.83. The Bertz CT molecular complexity index is 399. The standard InChI is InChI=1S/C16H30BrN3/c1-6-13(11-18-10-12(4)5)9-15-16(17)14(7-2)19-20(15)8-3/h12-13,18H,6-11H2,1-5H3. The molecule has 3 nitrogen and oxygen atoms in total. The predicted molar refractivity (Wildman–Crippen MR) is 90.2 cm³/mol. The van der Waals surface area contributed by atoms with E-state index in [9.17, 15) is 0 Å². The van der Waals surface area contributed by atoms with Gasteiger partial charge in [-0.05, 0) is 60.6 Å². The van der Waals surface area contributed by atoms with E-state index in [1.807, 2.05) is 0 Å². The van der Waals surface area contributed by atoms with E-state index in [2.05, 4.69) is 60.5 Å². The Morgan fingerprint density at radius 2 is 1.90 bits per heavy atom. The number of nitrogens with zero attached hydrogens (tertiary/aromatic N) is 2. The molecule has 4 heteroatoms. The van der Waals surface area contributed by atoms with Gasteiger partial charge < -0.3 is 5.32 Å². The molecule has 1 aromatic heterocycles. The molecular formula is C16H30BrN3. The zero-order chi connectivity index (χ0) is 15.1. The van der Waals surface area contributed by atoms with Crippen LogP contribution in [0.1, 0.15) is 52.4 Å².